The van der Waals surface area contributed by atoms with Gasteiger partial charge in [-0.05, 0) is 36.3 Å². The van der Waals surface area contributed by atoms with Gasteiger partial charge in [-0.15, -0.1) is 0 Å². The first-order valence-corrected chi connectivity index (χ1v) is 4.44. The lowest BCUT2D eigenvalue weighted by Gasteiger charge is -1.99. The first-order valence-electron chi connectivity index (χ1n) is 4.44. The van der Waals surface area contributed by atoms with Gasteiger partial charge in [-0.2, -0.15) is 5.26 Å². The van der Waals surface area contributed by atoms with Crippen LogP contribution in [-0.2, 0) is 9.53 Å². The van der Waals surface area contributed by atoms with Crippen LogP contribution in [0.4, 0.5) is 0 Å². The van der Waals surface area contributed by atoms with E-state index in [9.17, 15) is 4.79 Å². The van der Waals surface area contributed by atoms with Gasteiger partial charge in [0.2, 0.25) is 0 Å². The second kappa shape index (κ2) is 4.97. The number of methoxy groups -OCH3 is 1. The number of nitriles is 1. The second-order valence-electron chi connectivity index (χ2n) is 3.04. The van der Waals surface area contributed by atoms with Crippen molar-refractivity contribution in [3.8, 4) is 6.07 Å². The van der Waals surface area contributed by atoms with Crippen LogP contribution in [-0.4, -0.2) is 13.1 Å². The van der Waals surface area contributed by atoms with Crippen molar-refractivity contribution in [3.05, 3.63) is 41.0 Å². The van der Waals surface area contributed by atoms with E-state index in [0.29, 0.717) is 5.56 Å². The van der Waals surface area contributed by atoms with Gasteiger partial charge in [0.15, 0.2) is 0 Å². The van der Waals surface area contributed by atoms with Crippen molar-refractivity contribution >= 4 is 12.0 Å². The summed E-state index contributed by atoms with van der Waals surface area (Å²) in [6, 6.07) is 7.36. The average Bonchev–Trinajstić information content (AvgIpc) is 2.27. The molecule has 0 atom stereocenters. The van der Waals surface area contributed by atoms with Crippen molar-refractivity contribution in [1.82, 2.24) is 0 Å². The summed E-state index contributed by atoms with van der Waals surface area (Å²) >= 11 is 0. The van der Waals surface area contributed by atoms with E-state index in [1.165, 1.54) is 13.2 Å². The van der Waals surface area contributed by atoms with E-state index in [2.05, 4.69) is 4.74 Å². The standard InChI is InChI=1S/C12H11NO2/c1-9-3-4-10(8-13)7-11(9)5-6-12(14)15-2/h3-7H,1-2H3. The first kappa shape index (κ1) is 11.0. The normalized spacial score (nSPS) is 9.93. The Balaban J connectivity index is 2.99. The molecular formula is C12H11NO2. The minimum atomic E-state index is -0.406. The van der Waals surface area contributed by atoms with E-state index in [4.69, 9.17) is 5.26 Å². The van der Waals surface area contributed by atoms with E-state index in [1.807, 2.05) is 19.1 Å². The maximum Gasteiger partial charge on any atom is 0.330 e. The molecule has 3 heteroatoms. The molecule has 0 spiro atoms. The molecule has 1 aromatic carbocycles. The van der Waals surface area contributed by atoms with E-state index in [0.717, 1.165) is 11.1 Å². The van der Waals surface area contributed by atoms with Gasteiger partial charge in [-0.3, -0.25) is 0 Å². The Morgan fingerprint density at radius 1 is 1.53 bits per heavy atom. The van der Waals surface area contributed by atoms with Gasteiger partial charge in [0, 0.05) is 6.08 Å². The Kier molecular flexibility index (Phi) is 3.64. The summed E-state index contributed by atoms with van der Waals surface area (Å²) in [7, 11) is 1.32. The Bertz CT molecular complexity index is 441. The van der Waals surface area contributed by atoms with Gasteiger partial charge in [0.25, 0.3) is 0 Å². The Hall–Kier alpha value is -2.08. The van der Waals surface area contributed by atoms with Crippen molar-refractivity contribution in [2.75, 3.05) is 7.11 Å². The second-order valence-corrected chi connectivity index (χ2v) is 3.04. The van der Waals surface area contributed by atoms with Gasteiger partial charge in [0.1, 0.15) is 0 Å². The fraction of sp³-hybridized carbons (Fsp3) is 0.167. The minimum absolute atomic E-state index is 0.406. The van der Waals surface area contributed by atoms with Gasteiger partial charge < -0.3 is 4.74 Å². The molecule has 0 heterocycles. The lowest BCUT2D eigenvalue weighted by Crippen LogP contribution is -1.93. The number of hydrogen-bond donors (Lipinski definition) is 0. The van der Waals surface area contributed by atoms with E-state index < -0.39 is 5.97 Å². The molecule has 0 aliphatic heterocycles. The molecule has 0 aliphatic carbocycles. The number of rotatable bonds is 2. The van der Waals surface area contributed by atoms with Crippen LogP contribution in [0.1, 0.15) is 16.7 Å². The first-order chi connectivity index (χ1) is 7.17. The SMILES string of the molecule is COC(=O)C=Cc1cc(C#N)ccc1C. The molecule has 0 N–H and O–H groups in total. The molecule has 1 rings (SSSR count). The van der Waals surface area contributed by atoms with Crippen LogP contribution in [0.5, 0.6) is 0 Å². The van der Waals surface area contributed by atoms with E-state index >= 15 is 0 Å². The van der Waals surface area contributed by atoms with Crippen molar-refractivity contribution in [2.45, 2.75) is 6.92 Å². The zero-order chi connectivity index (χ0) is 11.3. The van der Waals surface area contributed by atoms with Crippen molar-refractivity contribution in [1.29, 1.82) is 5.26 Å². The fourth-order valence-electron chi connectivity index (χ4n) is 1.12. The van der Waals surface area contributed by atoms with Crippen LogP contribution in [0.15, 0.2) is 24.3 Å². The largest absolute Gasteiger partial charge is 0.466 e. The highest BCUT2D eigenvalue weighted by Gasteiger charge is 1.98. The third-order valence-corrected chi connectivity index (χ3v) is 2.01. The third-order valence-electron chi connectivity index (χ3n) is 2.01. The summed E-state index contributed by atoms with van der Waals surface area (Å²) in [6.45, 7) is 1.91. The number of aryl methyl sites for hydroxylation is 1. The molecule has 15 heavy (non-hydrogen) atoms. The van der Waals surface area contributed by atoms with Gasteiger partial charge in [0.05, 0.1) is 18.7 Å². The van der Waals surface area contributed by atoms with Crippen LogP contribution in [0.2, 0.25) is 0 Å². The number of nitrogens with zero attached hydrogens (tertiary/aromatic N) is 1. The third kappa shape index (κ3) is 2.96. The maximum absolute atomic E-state index is 10.9. The highest BCUT2D eigenvalue weighted by molar-refractivity contribution is 5.87. The molecular weight excluding hydrogens is 190 g/mol. The van der Waals surface area contributed by atoms with Crippen LogP contribution >= 0.6 is 0 Å². The molecule has 1 aromatic rings. The van der Waals surface area contributed by atoms with Crippen molar-refractivity contribution in [2.24, 2.45) is 0 Å². The zero-order valence-corrected chi connectivity index (χ0v) is 8.65. The fourth-order valence-corrected chi connectivity index (χ4v) is 1.12. The number of esters is 1. The van der Waals surface area contributed by atoms with Crippen LogP contribution in [0.25, 0.3) is 6.08 Å². The molecule has 0 saturated heterocycles. The topological polar surface area (TPSA) is 50.1 Å². The number of ether oxygens (including phenoxy) is 1. The average molecular weight is 201 g/mol. The lowest BCUT2D eigenvalue weighted by atomic mass is 10.1. The molecule has 0 bridgehead atoms. The van der Waals surface area contributed by atoms with E-state index in [-0.39, 0.29) is 0 Å². The summed E-state index contributed by atoms with van der Waals surface area (Å²) in [5, 5.41) is 8.71. The molecule has 3 nitrogen and oxygen atoms in total. The molecule has 0 aliphatic rings. The van der Waals surface area contributed by atoms with Crippen molar-refractivity contribution < 1.29 is 9.53 Å². The predicted molar refractivity (Wildman–Crippen MR) is 56.9 cm³/mol. The Labute approximate surface area is 88.6 Å². The minimum Gasteiger partial charge on any atom is -0.466 e. The quantitative estimate of drug-likeness (QED) is 0.543. The molecule has 76 valence electrons. The molecule has 0 amide bonds. The summed E-state index contributed by atoms with van der Waals surface area (Å²) in [5.74, 6) is -0.406. The van der Waals surface area contributed by atoms with E-state index in [1.54, 1.807) is 18.2 Å². The summed E-state index contributed by atoms with van der Waals surface area (Å²) in [4.78, 5) is 10.9. The molecule has 0 aromatic heterocycles. The monoisotopic (exact) mass is 201 g/mol. The number of benzene rings is 1. The Morgan fingerprint density at radius 3 is 2.87 bits per heavy atom. The zero-order valence-electron chi connectivity index (χ0n) is 8.65. The number of carbonyl (C=O) groups excluding carboxylic acids is 1. The number of carbonyl (C=O) groups is 1. The molecule has 0 fully saturated rings. The predicted octanol–water partition coefficient (Wildman–Crippen LogP) is 2.05. The van der Waals surface area contributed by atoms with Crippen LogP contribution < -0.4 is 0 Å². The van der Waals surface area contributed by atoms with Crippen LogP contribution in [0.3, 0.4) is 0 Å². The van der Waals surface area contributed by atoms with Gasteiger partial charge >= 0.3 is 5.97 Å². The molecule has 0 unspecified atom stereocenters. The van der Waals surface area contributed by atoms with Gasteiger partial charge in [-0.25, -0.2) is 4.79 Å². The highest BCUT2D eigenvalue weighted by Crippen LogP contribution is 2.12. The lowest BCUT2D eigenvalue weighted by molar-refractivity contribution is -0.134. The summed E-state index contributed by atoms with van der Waals surface area (Å²) in [5.41, 5.74) is 2.43. The number of hydrogen-bond acceptors (Lipinski definition) is 3. The maximum atomic E-state index is 10.9. The van der Waals surface area contributed by atoms with Crippen LogP contribution in [0, 0.1) is 18.3 Å². The molecule has 0 saturated carbocycles. The summed E-state index contributed by atoms with van der Waals surface area (Å²) < 4.78 is 4.48. The highest BCUT2D eigenvalue weighted by atomic mass is 16.5. The smallest absolute Gasteiger partial charge is 0.330 e. The van der Waals surface area contributed by atoms with Crippen molar-refractivity contribution in [3.63, 3.8) is 0 Å². The summed E-state index contributed by atoms with van der Waals surface area (Å²) in [6.07, 6.45) is 2.98. The Morgan fingerprint density at radius 2 is 2.27 bits per heavy atom. The molecule has 0 radical (unpaired) electrons. The van der Waals surface area contributed by atoms with Gasteiger partial charge in [-0.1, -0.05) is 6.07 Å².